The van der Waals surface area contributed by atoms with Gasteiger partial charge in [-0.15, -0.1) is 0 Å². The molecule has 40 heavy (non-hydrogen) atoms. The summed E-state index contributed by atoms with van der Waals surface area (Å²) >= 11 is 0. The van der Waals surface area contributed by atoms with Crippen LogP contribution in [0, 0.1) is 6.92 Å². The Morgan fingerprint density at radius 2 is 1.15 bits per heavy atom. The number of hydrogen-bond acceptors (Lipinski definition) is 4. The SMILES string of the molecule is Cc1cccc(N2COc3ccc(C(C)(C)c4cccc(C(C)(C)c5ccc6c(c5)CN(C)CO6)c4)cc3C2)c1. The summed E-state index contributed by atoms with van der Waals surface area (Å²) in [4.78, 5) is 4.50. The Labute approximate surface area is 239 Å². The van der Waals surface area contributed by atoms with E-state index in [9.17, 15) is 0 Å². The molecule has 0 unspecified atom stereocenters. The number of ether oxygens (including phenoxy) is 2. The van der Waals surface area contributed by atoms with Gasteiger partial charge in [0.05, 0.1) is 0 Å². The van der Waals surface area contributed by atoms with E-state index in [0.717, 1.165) is 24.6 Å². The van der Waals surface area contributed by atoms with Crippen molar-refractivity contribution in [1.82, 2.24) is 4.90 Å². The minimum absolute atomic E-state index is 0.144. The van der Waals surface area contributed by atoms with Crippen LogP contribution in [0.1, 0.15) is 66.6 Å². The second kappa shape index (κ2) is 10.0. The molecule has 0 saturated heterocycles. The Hall–Kier alpha value is -3.76. The molecule has 0 bridgehead atoms. The lowest BCUT2D eigenvalue weighted by atomic mass is 9.73. The Balaban J connectivity index is 1.29. The van der Waals surface area contributed by atoms with Gasteiger partial charge in [-0.05, 0) is 78.2 Å². The maximum absolute atomic E-state index is 6.18. The van der Waals surface area contributed by atoms with E-state index in [-0.39, 0.29) is 10.8 Å². The standard InChI is InChI=1S/C36H40N2O2/c1-25-9-7-12-32(17-25)38-22-27-19-31(14-16-34(27)40-24-38)36(4,5)29-11-8-10-28(20-29)35(2,3)30-13-15-33-26(18-30)21-37(6)23-39-33/h7-20H,21-24H2,1-6H3. The van der Waals surface area contributed by atoms with E-state index in [2.05, 4.69) is 136 Å². The molecule has 2 aliphatic rings. The molecule has 0 saturated carbocycles. The van der Waals surface area contributed by atoms with Gasteiger partial charge in [-0.2, -0.15) is 0 Å². The third kappa shape index (κ3) is 4.86. The molecule has 0 atom stereocenters. The lowest BCUT2D eigenvalue weighted by Gasteiger charge is -2.34. The molecule has 0 spiro atoms. The number of anilines is 1. The van der Waals surface area contributed by atoms with Crippen molar-refractivity contribution >= 4 is 5.69 Å². The van der Waals surface area contributed by atoms with Crippen LogP contribution >= 0.6 is 0 Å². The van der Waals surface area contributed by atoms with Gasteiger partial charge >= 0.3 is 0 Å². The number of rotatable bonds is 5. The number of fused-ring (bicyclic) bond motifs is 2. The van der Waals surface area contributed by atoms with Crippen molar-refractivity contribution in [3.8, 4) is 11.5 Å². The van der Waals surface area contributed by atoms with Gasteiger partial charge in [-0.25, -0.2) is 0 Å². The van der Waals surface area contributed by atoms with E-state index in [0.29, 0.717) is 13.5 Å². The third-order valence-corrected chi connectivity index (χ3v) is 8.85. The summed E-state index contributed by atoms with van der Waals surface area (Å²) in [6, 6.07) is 31.2. The van der Waals surface area contributed by atoms with Crippen molar-refractivity contribution in [2.45, 2.75) is 58.5 Å². The highest BCUT2D eigenvalue weighted by Crippen LogP contribution is 2.40. The van der Waals surface area contributed by atoms with E-state index in [1.54, 1.807) is 0 Å². The lowest BCUT2D eigenvalue weighted by molar-refractivity contribution is 0.121. The van der Waals surface area contributed by atoms with Crippen molar-refractivity contribution in [3.63, 3.8) is 0 Å². The van der Waals surface area contributed by atoms with Crippen LogP contribution in [0.4, 0.5) is 5.69 Å². The smallest absolute Gasteiger partial charge is 0.161 e. The van der Waals surface area contributed by atoms with Crippen LogP contribution in [-0.4, -0.2) is 25.4 Å². The van der Waals surface area contributed by atoms with E-state index in [1.807, 2.05) is 0 Å². The van der Waals surface area contributed by atoms with E-state index in [1.165, 1.54) is 44.6 Å². The molecule has 0 amide bonds. The first-order valence-electron chi connectivity index (χ1n) is 14.2. The zero-order valence-corrected chi connectivity index (χ0v) is 24.6. The first-order valence-corrected chi connectivity index (χ1v) is 14.2. The third-order valence-electron chi connectivity index (χ3n) is 8.85. The number of aryl methyl sites for hydroxylation is 1. The van der Waals surface area contributed by atoms with Crippen LogP contribution in [-0.2, 0) is 23.9 Å². The fourth-order valence-electron chi connectivity index (χ4n) is 6.00. The highest BCUT2D eigenvalue weighted by atomic mass is 16.5. The summed E-state index contributed by atoms with van der Waals surface area (Å²) in [7, 11) is 2.10. The average molecular weight is 533 g/mol. The molecular weight excluding hydrogens is 492 g/mol. The van der Waals surface area contributed by atoms with Crippen LogP contribution in [0.15, 0.2) is 84.9 Å². The monoisotopic (exact) mass is 532 g/mol. The van der Waals surface area contributed by atoms with Gasteiger partial charge in [-0.1, -0.05) is 76.2 Å². The van der Waals surface area contributed by atoms with Crippen molar-refractivity contribution in [2.24, 2.45) is 0 Å². The number of hydrogen-bond donors (Lipinski definition) is 0. The minimum Gasteiger partial charge on any atom is -0.478 e. The normalized spacial score (nSPS) is 15.6. The zero-order valence-electron chi connectivity index (χ0n) is 24.6. The molecule has 0 radical (unpaired) electrons. The Kier molecular flexibility index (Phi) is 6.62. The summed E-state index contributed by atoms with van der Waals surface area (Å²) in [6.07, 6.45) is 0. The molecule has 4 aromatic rings. The van der Waals surface area contributed by atoms with Gasteiger partial charge < -0.3 is 14.4 Å². The van der Waals surface area contributed by atoms with Crippen LogP contribution < -0.4 is 14.4 Å². The van der Waals surface area contributed by atoms with Crippen molar-refractivity contribution < 1.29 is 9.47 Å². The average Bonchev–Trinajstić information content (AvgIpc) is 2.96. The molecule has 0 fully saturated rings. The quantitative estimate of drug-likeness (QED) is 0.262. The molecule has 6 rings (SSSR count). The number of nitrogens with zero attached hydrogens (tertiary/aromatic N) is 2. The molecule has 4 nitrogen and oxygen atoms in total. The summed E-state index contributed by atoms with van der Waals surface area (Å²) in [6.45, 7) is 14.4. The molecule has 4 heteroatoms. The molecule has 0 aliphatic carbocycles. The lowest BCUT2D eigenvalue weighted by Crippen LogP contribution is -2.32. The Morgan fingerprint density at radius 1 is 0.600 bits per heavy atom. The van der Waals surface area contributed by atoms with Gasteiger partial charge in [0.2, 0.25) is 0 Å². The van der Waals surface area contributed by atoms with Crippen LogP contribution in [0.2, 0.25) is 0 Å². The zero-order chi connectivity index (χ0) is 28.1. The molecule has 206 valence electrons. The predicted molar refractivity (Wildman–Crippen MR) is 163 cm³/mol. The van der Waals surface area contributed by atoms with Gasteiger partial charge in [0.25, 0.3) is 0 Å². The van der Waals surface area contributed by atoms with Gasteiger partial charge in [0, 0.05) is 40.7 Å². The van der Waals surface area contributed by atoms with Crippen LogP contribution in [0.3, 0.4) is 0 Å². The molecular formula is C36H40N2O2. The molecule has 0 aromatic heterocycles. The maximum atomic E-state index is 6.18. The summed E-state index contributed by atoms with van der Waals surface area (Å²) in [5, 5.41) is 0. The second-order valence-corrected chi connectivity index (χ2v) is 12.6. The van der Waals surface area contributed by atoms with Crippen LogP contribution in [0.5, 0.6) is 11.5 Å². The van der Waals surface area contributed by atoms with Crippen LogP contribution in [0.25, 0.3) is 0 Å². The maximum Gasteiger partial charge on any atom is 0.161 e. The minimum atomic E-state index is -0.168. The summed E-state index contributed by atoms with van der Waals surface area (Å²) in [5.74, 6) is 1.99. The molecule has 4 aromatic carbocycles. The highest BCUT2D eigenvalue weighted by Gasteiger charge is 2.30. The summed E-state index contributed by atoms with van der Waals surface area (Å²) < 4.78 is 12.1. The topological polar surface area (TPSA) is 24.9 Å². The van der Waals surface area contributed by atoms with Crippen molar-refractivity contribution in [2.75, 3.05) is 25.4 Å². The molecule has 2 heterocycles. The Morgan fingerprint density at radius 3 is 1.77 bits per heavy atom. The molecule has 2 aliphatic heterocycles. The van der Waals surface area contributed by atoms with Gasteiger partial charge in [0.1, 0.15) is 18.2 Å². The highest BCUT2D eigenvalue weighted by molar-refractivity contribution is 5.54. The molecule has 0 N–H and O–H groups in total. The first kappa shape index (κ1) is 26.5. The summed E-state index contributed by atoms with van der Waals surface area (Å²) in [5.41, 5.74) is 9.87. The first-order chi connectivity index (χ1) is 19.1. The fraction of sp³-hybridized carbons (Fsp3) is 0.333. The van der Waals surface area contributed by atoms with E-state index >= 15 is 0 Å². The van der Waals surface area contributed by atoms with Gasteiger partial charge in [-0.3, -0.25) is 4.90 Å². The van der Waals surface area contributed by atoms with Crippen molar-refractivity contribution in [1.29, 1.82) is 0 Å². The Bertz CT molecular complexity index is 1550. The van der Waals surface area contributed by atoms with Gasteiger partial charge in [0.15, 0.2) is 6.73 Å². The second-order valence-electron chi connectivity index (χ2n) is 12.6. The van der Waals surface area contributed by atoms with E-state index in [4.69, 9.17) is 9.47 Å². The van der Waals surface area contributed by atoms with Crippen molar-refractivity contribution in [3.05, 3.63) is 124 Å². The largest absolute Gasteiger partial charge is 0.478 e. The predicted octanol–water partition coefficient (Wildman–Crippen LogP) is 7.79. The van der Waals surface area contributed by atoms with E-state index < -0.39 is 0 Å². The number of benzene rings is 4. The fourth-order valence-corrected chi connectivity index (χ4v) is 6.00.